The molecule has 0 amide bonds. The molecule has 1 unspecified atom stereocenters. The van der Waals surface area contributed by atoms with E-state index in [0.717, 1.165) is 5.56 Å². The number of hydrogen-bond acceptors (Lipinski definition) is 2. The topological polar surface area (TPSA) is 20.2 Å². The van der Waals surface area contributed by atoms with Crippen molar-refractivity contribution in [3.8, 4) is 11.8 Å². The summed E-state index contributed by atoms with van der Waals surface area (Å²) in [7, 11) is 0. The van der Waals surface area contributed by atoms with Gasteiger partial charge < -0.3 is 5.11 Å². The molecule has 0 fully saturated rings. The lowest BCUT2D eigenvalue weighted by atomic mass is 10.2. The summed E-state index contributed by atoms with van der Waals surface area (Å²) in [5, 5.41) is 9.02. The summed E-state index contributed by atoms with van der Waals surface area (Å²) in [6.07, 6.45) is 2.23. The molecule has 0 saturated heterocycles. The Balaban J connectivity index is 2.69. The van der Waals surface area contributed by atoms with Crippen LogP contribution in [0.4, 0.5) is 0 Å². The van der Waals surface area contributed by atoms with E-state index in [1.54, 1.807) is 18.7 Å². The third-order valence-electron chi connectivity index (χ3n) is 1.70. The number of thioether (sulfide) groups is 1. The molecule has 0 radical (unpaired) electrons. The second kappa shape index (κ2) is 5.74. The Morgan fingerprint density at radius 1 is 1.50 bits per heavy atom. The lowest BCUT2D eigenvalue weighted by Crippen LogP contribution is -1.95. The third kappa shape index (κ3) is 3.87. The second-order valence-electron chi connectivity index (χ2n) is 3.09. The first kappa shape index (κ1) is 11.2. The van der Waals surface area contributed by atoms with Crippen molar-refractivity contribution < 1.29 is 5.11 Å². The average Bonchev–Trinajstić information content (AvgIpc) is 2.18. The highest BCUT2D eigenvalue weighted by atomic mass is 32.2. The van der Waals surface area contributed by atoms with Crippen LogP contribution >= 0.6 is 11.8 Å². The number of benzene rings is 1. The van der Waals surface area contributed by atoms with Gasteiger partial charge >= 0.3 is 0 Å². The summed E-state index contributed by atoms with van der Waals surface area (Å²) in [5.74, 6) is 5.97. The Morgan fingerprint density at radius 3 is 2.93 bits per heavy atom. The van der Waals surface area contributed by atoms with Gasteiger partial charge in [0.15, 0.2) is 0 Å². The van der Waals surface area contributed by atoms with E-state index in [-0.39, 0.29) is 6.10 Å². The van der Waals surface area contributed by atoms with Crippen LogP contribution in [-0.4, -0.2) is 17.5 Å². The Morgan fingerprint density at radius 2 is 2.29 bits per heavy atom. The smallest absolute Gasteiger partial charge is 0.0621 e. The van der Waals surface area contributed by atoms with Crippen molar-refractivity contribution >= 4 is 11.8 Å². The summed E-state index contributed by atoms with van der Waals surface area (Å²) in [4.78, 5) is 1.22. The van der Waals surface area contributed by atoms with Crippen molar-refractivity contribution in [2.45, 2.75) is 24.3 Å². The first-order chi connectivity index (χ1) is 6.72. The van der Waals surface area contributed by atoms with E-state index < -0.39 is 0 Å². The lowest BCUT2D eigenvalue weighted by Gasteiger charge is -1.96. The number of aliphatic hydroxyl groups excluding tert-OH is 1. The van der Waals surface area contributed by atoms with E-state index in [0.29, 0.717) is 6.42 Å². The van der Waals surface area contributed by atoms with E-state index in [4.69, 9.17) is 5.11 Å². The van der Waals surface area contributed by atoms with Gasteiger partial charge in [-0.3, -0.25) is 0 Å². The molecule has 1 nitrogen and oxygen atoms in total. The molecule has 1 atom stereocenters. The quantitative estimate of drug-likeness (QED) is 0.592. The minimum Gasteiger partial charge on any atom is -0.392 e. The molecule has 0 aromatic heterocycles. The number of aliphatic hydroxyl groups is 1. The van der Waals surface area contributed by atoms with Gasteiger partial charge in [0.2, 0.25) is 0 Å². The Kier molecular flexibility index (Phi) is 4.58. The van der Waals surface area contributed by atoms with Crippen molar-refractivity contribution in [2.75, 3.05) is 6.26 Å². The van der Waals surface area contributed by atoms with Crippen molar-refractivity contribution in [1.82, 2.24) is 0 Å². The van der Waals surface area contributed by atoms with Crippen LogP contribution in [0.5, 0.6) is 0 Å². The van der Waals surface area contributed by atoms with Gasteiger partial charge in [0.25, 0.3) is 0 Å². The molecule has 1 rings (SSSR count). The summed E-state index contributed by atoms with van der Waals surface area (Å²) in [6.45, 7) is 1.74. The standard InChI is InChI=1S/C12H14OS/c1-10(13)5-3-6-11-7-4-8-12(9-11)14-2/h4,7-10,13H,5H2,1-2H3. The Bertz CT molecular complexity index is 347. The maximum absolute atomic E-state index is 9.02. The molecular formula is C12H14OS. The highest BCUT2D eigenvalue weighted by Crippen LogP contribution is 2.14. The molecule has 2 heteroatoms. The van der Waals surface area contributed by atoms with Crippen molar-refractivity contribution in [2.24, 2.45) is 0 Å². The normalized spacial score (nSPS) is 11.6. The third-order valence-corrected chi connectivity index (χ3v) is 2.43. The van der Waals surface area contributed by atoms with Crippen LogP contribution < -0.4 is 0 Å². The lowest BCUT2D eigenvalue weighted by molar-refractivity contribution is 0.201. The molecule has 0 aliphatic carbocycles. The molecule has 0 heterocycles. The van der Waals surface area contributed by atoms with Crippen LogP contribution in [0.25, 0.3) is 0 Å². The van der Waals surface area contributed by atoms with Gasteiger partial charge in [0.05, 0.1) is 6.10 Å². The average molecular weight is 206 g/mol. The Hall–Kier alpha value is -0.910. The first-order valence-electron chi connectivity index (χ1n) is 4.53. The van der Waals surface area contributed by atoms with Crippen LogP contribution in [0, 0.1) is 11.8 Å². The minimum absolute atomic E-state index is 0.341. The van der Waals surface area contributed by atoms with Crippen LogP contribution in [-0.2, 0) is 0 Å². The van der Waals surface area contributed by atoms with E-state index >= 15 is 0 Å². The molecule has 0 bridgehead atoms. The molecule has 0 spiro atoms. The Labute approximate surface area is 89.5 Å². The van der Waals surface area contributed by atoms with Crippen molar-refractivity contribution in [1.29, 1.82) is 0 Å². The SMILES string of the molecule is CSc1cccc(C#CCC(C)O)c1. The van der Waals surface area contributed by atoms with Crippen LogP contribution in [0.2, 0.25) is 0 Å². The molecular weight excluding hydrogens is 192 g/mol. The molecule has 74 valence electrons. The predicted molar refractivity (Wildman–Crippen MR) is 61.4 cm³/mol. The van der Waals surface area contributed by atoms with Gasteiger partial charge in [-0.1, -0.05) is 17.9 Å². The van der Waals surface area contributed by atoms with Crippen molar-refractivity contribution in [3.63, 3.8) is 0 Å². The number of hydrogen-bond donors (Lipinski definition) is 1. The van der Waals surface area contributed by atoms with E-state index in [1.165, 1.54) is 4.90 Å². The molecule has 0 saturated carbocycles. The molecule has 0 aliphatic rings. The molecule has 14 heavy (non-hydrogen) atoms. The summed E-state index contributed by atoms with van der Waals surface area (Å²) >= 11 is 1.71. The maximum Gasteiger partial charge on any atom is 0.0621 e. The summed E-state index contributed by atoms with van der Waals surface area (Å²) in [5.41, 5.74) is 1.01. The zero-order valence-electron chi connectivity index (χ0n) is 8.45. The van der Waals surface area contributed by atoms with Crippen molar-refractivity contribution in [3.05, 3.63) is 29.8 Å². The van der Waals surface area contributed by atoms with E-state index in [2.05, 4.69) is 24.0 Å². The van der Waals surface area contributed by atoms with Gasteiger partial charge in [0, 0.05) is 16.9 Å². The zero-order chi connectivity index (χ0) is 10.4. The van der Waals surface area contributed by atoms with Gasteiger partial charge in [-0.25, -0.2) is 0 Å². The first-order valence-corrected chi connectivity index (χ1v) is 5.76. The summed E-state index contributed by atoms with van der Waals surface area (Å²) in [6, 6.07) is 8.09. The van der Waals surface area contributed by atoms with E-state index in [9.17, 15) is 0 Å². The second-order valence-corrected chi connectivity index (χ2v) is 3.97. The van der Waals surface area contributed by atoms with Gasteiger partial charge in [0.1, 0.15) is 0 Å². The largest absolute Gasteiger partial charge is 0.392 e. The highest BCUT2D eigenvalue weighted by molar-refractivity contribution is 7.98. The fraction of sp³-hybridized carbons (Fsp3) is 0.333. The highest BCUT2D eigenvalue weighted by Gasteiger charge is 1.91. The molecule has 1 aromatic carbocycles. The maximum atomic E-state index is 9.02. The van der Waals surface area contributed by atoms with Crippen LogP contribution in [0.1, 0.15) is 18.9 Å². The fourth-order valence-corrected chi connectivity index (χ4v) is 1.46. The van der Waals surface area contributed by atoms with Crippen LogP contribution in [0.15, 0.2) is 29.2 Å². The van der Waals surface area contributed by atoms with Gasteiger partial charge in [-0.2, -0.15) is 0 Å². The molecule has 0 aliphatic heterocycles. The zero-order valence-corrected chi connectivity index (χ0v) is 9.27. The molecule has 1 N–H and O–H groups in total. The summed E-state index contributed by atoms with van der Waals surface area (Å²) < 4.78 is 0. The fourth-order valence-electron chi connectivity index (χ4n) is 1.00. The monoisotopic (exact) mass is 206 g/mol. The van der Waals surface area contributed by atoms with Crippen LogP contribution in [0.3, 0.4) is 0 Å². The molecule has 1 aromatic rings. The van der Waals surface area contributed by atoms with E-state index in [1.807, 2.05) is 18.4 Å². The predicted octanol–water partition coefficient (Wildman–Crippen LogP) is 2.53. The van der Waals surface area contributed by atoms with Gasteiger partial charge in [-0.15, -0.1) is 11.8 Å². The van der Waals surface area contributed by atoms with Gasteiger partial charge in [-0.05, 0) is 31.4 Å². The minimum atomic E-state index is -0.341. The number of rotatable bonds is 2.